The van der Waals surface area contributed by atoms with Gasteiger partial charge in [0.2, 0.25) is 0 Å². The monoisotopic (exact) mass is 419 g/mol. The number of para-hydroxylation sites is 1. The van der Waals surface area contributed by atoms with Crippen LogP contribution in [-0.4, -0.2) is 16.1 Å². The normalized spacial score (nSPS) is 12.7. The van der Waals surface area contributed by atoms with Crippen molar-refractivity contribution in [1.29, 1.82) is 0 Å². The Morgan fingerprint density at radius 2 is 2.10 bits per heavy atom. The Bertz CT molecular complexity index is 1080. The minimum atomic E-state index is -0.583. The van der Waals surface area contributed by atoms with Gasteiger partial charge in [-0.05, 0) is 48.3 Å². The number of unbranched alkanes of at least 4 members (excludes halogenated alkanes) is 1. The van der Waals surface area contributed by atoms with E-state index in [0.29, 0.717) is 17.9 Å². The van der Waals surface area contributed by atoms with E-state index in [2.05, 4.69) is 24.6 Å². The molecule has 0 fully saturated rings. The highest BCUT2D eigenvalue weighted by molar-refractivity contribution is 5.86. The van der Waals surface area contributed by atoms with Gasteiger partial charge in [0.05, 0.1) is 5.52 Å². The first-order valence-corrected chi connectivity index (χ1v) is 10.6. The highest BCUT2D eigenvalue weighted by atomic mass is 16.6. The third-order valence-corrected chi connectivity index (χ3v) is 5.11. The average molecular weight is 420 g/mol. The fourth-order valence-corrected chi connectivity index (χ4v) is 3.51. The van der Waals surface area contributed by atoms with Gasteiger partial charge >= 0.3 is 5.97 Å². The summed E-state index contributed by atoms with van der Waals surface area (Å²) in [5.41, 5.74) is 3.94. The summed E-state index contributed by atoms with van der Waals surface area (Å²) in [6.07, 6.45) is 6.74. The predicted octanol–water partition coefficient (Wildman–Crippen LogP) is 6.14. The Kier molecular flexibility index (Phi) is 7.79. The second kappa shape index (κ2) is 10.7. The number of ether oxygens (including phenoxy) is 1. The fourth-order valence-electron chi connectivity index (χ4n) is 3.51. The molecule has 1 aromatic carbocycles. The van der Waals surface area contributed by atoms with E-state index in [1.165, 1.54) is 6.92 Å². The van der Waals surface area contributed by atoms with Gasteiger partial charge < -0.3 is 14.3 Å². The molecule has 3 aromatic rings. The highest BCUT2D eigenvalue weighted by Crippen LogP contribution is 2.31. The van der Waals surface area contributed by atoms with Crippen molar-refractivity contribution in [1.82, 2.24) is 4.98 Å². The van der Waals surface area contributed by atoms with Crippen LogP contribution in [0.5, 0.6) is 0 Å². The Labute approximate surface area is 183 Å². The van der Waals surface area contributed by atoms with Gasteiger partial charge in [-0.2, -0.15) is 0 Å². The Hall–Kier alpha value is -3.18. The van der Waals surface area contributed by atoms with Crippen molar-refractivity contribution < 1.29 is 19.1 Å². The molecule has 0 aliphatic heterocycles. The maximum absolute atomic E-state index is 11.7. The summed E-state index contributed by atoms with van der Waals surface area (Å²) in [5, 5.41) is 10.4. The van der Waals surface area contributed by atoms with Crippen LogP contribution in [0.4, 0.5) is 0 Å². The molecule has 2 aromatic heterocycles. The van der Waals surface area contributed by atoms with Crippen LogP contribution in [0, 0.1) is 0 Å². The van der Waals surface area contributed by atoms with E-state index in [9.17, 15) is 9.90 Å². The van der Waals surface area contributed by atoms with E-state index >= 15 is 0 Å². The molecule has 0 saturated heterocycles. The molecule has 162 valence electrons. The van der Waals surface area contributed by atoms with Gasteiger partial charge in [-0.1, -0.05) is 44.2 Å². The largest absolute Gasteiger partial charge is 0.460 e. The molecule has 3 rings (SSSR count). The number of aromatic nitrogens is 1. The number of esters is 1. The number of furan rings is 1. The lowest BCUT2D eigenvalue weighted by Crippen LogP contribution is -2.07. The summed E-state index contributed by atoms with van der Waals surface area (Å²) >= 11 is 0. The number of aliphatic hydroxyl groups is 1. The molecule has 1 atom stereocenters. The summed E-state index contributed by atoms with van der Waals surface area (Å²) < 4.78 is 11.1. The Morgan fingerprint density at radius 3 is 2.81 bits per heavy atom. The van der Waals surface area contributed by atoms with Crippen molar-refractivity contribution >= 4 is 22.4 Å². The zero-order valence-corrected chi connectivity index (χ0v) is 18.1. The molecule has 0 radical (unpaired) electrons. The van der Waals surface area contributed by atoms with Crippen molar-refractivity contribution in [2.75, 3.05) is 0 Å². The first-order chi connectivity index (χ1) is 15.0. The number of carbonyl (C=O) groups excluding carboxylic acids is 1. The Balaban J connectivity index is 1.95. The lowest BCUT2D eigenvalue weighted by Gasteiger charge is -2.16. The van der Waals surface area contributed by atoms with Crippen LogP contribution in [0.2, 0.25) is 0 Å². The Morgan fingerprint density at radius 1 is 1.29 bits per heavy atom. The second-order valence-electron chi connectivity index (χ2n) is 7.54. The van der Waals surface area contributed by atoms with Crippen LogP contribution in [0.25, 0.3) is 16.5 Å². The maximum Gasteiger partial charge on any atom is 0.303 e. The van der Waals surface area contributed by atoms with E-state index in [1.807, 2.05) is 36.5 Å². The molecule has 0 bridgehead atoms. The third-order valence-electron chi connectivity index (χ3n) is 5.11. The number of rotatable bonds is 10. The minimum Gasteiger partial charge on any atom is -0.460 e. The molecule has 0 unspecified atom stereocenters. The number of allylic oxidation sites excluding steroid dienone is 2. The molecule has 2 heterocycles. The summed E-state index contributed by atoms with van der Waals surface area (Å²) in [6.45, 7) is 7.64. The highest BCUT2D eigenvalue weighted by Gasteiger charge is 2.19. The zero-order chi connectivity index (χ0) is 22.2. The lowest BCUT2D eigenvalue weighted by atomic mass is 9.94. The van der Waals surface area contributed by atoms with Gasteiger partial charge in [0, 0.05) is 30.5 Å². The van der Waals surface area contributed by atoms with Gasteiger partial charge in [-0.15, -0.1) is 0 Å². The molecular weight excluding hydrogens is 390 g/mol. The number of carbonyl (C=O) groups is 1. The van der Waals surface area contributed by atoms with Crippen LogP contribution in [0.3, 0.4) is 0 Å². The van der Waals surface area contributed by atoms with E-state index in [1.54, 1.807) is 12.1 Å². The van der Waals surface area contributed by atoms with Crippen LogP contribution in [-0.2, 0) is 16.1 Å². The summed E-state index contributed by atoms with van der Waals surface area (Å²) in [6, 6.07) is 13.5. The van der Waals surface area contributed by atoms with Gasteiger partial charge in [0.15, 0.2) is 6.10 Å². The lowest BCUT2D eigenvalue weighted by molar-refractivity contribution is -0.147. The summed E-state index contributed by atoms with van der Waals surface area (Å²) in [5.74, 6) is 0.548. The molecular formula is C26H29NO4. The predicted molar refractivity (Wildman–Crippen MR) is 122 cm³/mol. The number of aliphatic hydroxyl groups excluding tert-OH is 1. The number of hydrogen-bond donors (Lipinski definition) is 1. The standard InChI is InChI=1S/C26H29NO4/c1-4-5-8-18(2)23(21-15-20-9-6-7-10-24(20)27-16-21)12-14-25(30-19(3)29)26-13-11-22(17-28)31-26/h6-7,9-13,15-16,25,28H,2,4-5,8,14,17H2,1,3H3/b23-12-/t25-/m0/s1. The molecule has 0 spiro atoms. The van der Waals surface area contributed by atoms with Crippen molar-refractivity contribution in [3.63, 3.8) is 0 Å². The maximum atomic E-state index is 11.7. The number of nitrogens with zero attached hydrogens (tertiary/aromatic N) is 1. The van der Waals surface area contributed by atoms with E-state index in [0.717, 1.165) is 46.9 Å². The minimum absolute atomic E-state index is 0.204. The number of benzene rings is 1. The first kappa shape index (κ1) is 22.5. The first-order valence-electron chi connectivity index (χ1n) is 10.6. The summed E-state index contributed by atoms with van der Waals surface area (Å²) in [7, 11) is 0. The van der Waals surface area contributed by atoms with Crippen LogP contribution >= 0.6 is 0 Å². The molecule has 5 nitrogen and oxygen atoms in total. The SMILES string of the molecule is C=C(CCCC)/C(=C/C[C@H](OC(C)=O)c1ccc(CO)o1)c1cnc2ccccc2c1. The number of pyridine rings is 1. The molecule has 0 saturated carbocycles. The van der Waals surface area contributed by atoms with Crippen LogP contribution in [0.15, 0.2) is 71.3 Å². The molecule has 0 aliphatic rings. The number of fused-ring (bicyclic) bond motifs is 1. The molecule has 0 amide bonds. The smallest absolute Gasteiger partial charge is 0.303 e. The third kappa shape index (κ3) is 5.92. The van der Waals surface area contributed by atoms with Crippen molar-refractivity contribution in [3.8, 4) is 0 Å². The van der Waals surface area contributed by atoms with Gasteiger partial charge in [-0.3, -0.25) is 9.78 Å². The van der Waals surface area contributed by atoms with Crippen molar-refractivity contribution in [2.24, 2.45) is 0 Å². The fraction of sp³-hybridized carbons (Fsp3) is 0.308. The molecule has 31 heavy (non-hydrogen) atoms. The molecule has 0 aliphatic carbocycles. The van der Waals surface area contributed by atoms with E-state index in [4.69, 9.17) is 9.15 Å². The van der Waals surface area contributed by atoms with E-state index in [-0.39, 0.29) is 12.6 Å². The van der Waals surface area contributed by atoms with Crippen molar-refractivity contribution in [3.05, 3.63) is 84.0 Å². The van der Waals surface area contributed by atoms with Gasteiger partial charge in [-0.25, -0.2) is 0 Å². The zero-order valence-electron chi connectivity index (χ0n) is 18.1. The van der Waals surface area contributed by atoms with E-state index < -0.39 is 6.10 Å². The molecule has 5 heteroatoms. The second-order valence-corrected chi connectivity index (χ2v) is 7.54. The number of hydrogen-bond acceptors (Lipinski definition) is 5. The summed E-state index contributed by atoms with van der Waals surface area (Å²) in [4.78, 5) is 16.3. The average Bonchev–Trinajstić information content (AvgIpc) is 3.26. The topological polar surface area (TPSA) is 72.6 Å². The van der Waals surface area contributed by atoms with Gasteiger partial charge in [0.1, 0.15) is 18.1 Å². The quantitative estimate of drug-likeness (QED) is 0.315. The van der Waals surface area contributed by atoms with Crippen LogP contribution in [0.1, 0.15) is 62.7 Å². The van der Waals surface area contributed by atoms with Gasteiger partial charge in [0.25, 0.3) is 0 Å². The van der Waals surface area contributed by atoms with Crippen molar-refractivity contribution in [2.45, 2.75) is 52.2 Å². The molecule has 1 N–H and O–H groups in total. The van der Waals surface area contributed by atoms with Crippen LogP contribution < -0.4 is 0 Å².